The minimum absolute atomic E-state index is 0.0918. The molecule has 0 fully saturated rings. The van der Waals surface area contributed by atoms with Crippen LogP contribution >= 0.6 is 11.3 Å². The third-order valence-corrected chi connectivity index (χ3v) is 6.20. The quantitative estimate of drug-likeness (QED) is 0.586. The summed E-state index contributed by atoms with van der Waals surface area (Å²) in [6.45, 7) is 0.228. The zero-order valence-corrected chi connectivity index (χ0v) is 16.9. The van der Waals surface area contributed by atoms with Crippen molar-refractivity contribution in [3.05, 3.63) is 76.3 Å². The predicted octanol–water partition coefficient (Wildman–Crippen LogP) is 4.61. The summed E-state index contributed by atoms with van der Waals surface area (Å²) < 4.78 is 26.8. The second-order valence-corrected chi connectivity index (χ2v) is 8.52. The van der Waals surface area contributed by atoms with Gasteiger partial charge < -0.3 is 19.9 Å². The summed E-state index contributed by atoms with van der Waals surface area (Å²) in [6, 6.07) is 12.8. The van der Waals surface area contributed by atoms with Crippen LogP contribution in [0.4, 0.5) is 10.1 Å². The zero-order chi connectivity index (χ0) is 20.6. The SMILES string of the molecule is O[C@@H]1c2cc(OCC3(F)C=Cc4ccccc4N3)ccc2OC[C@H]1Cc1nccs1. The van der Waals surface area contributed by atoms with E-state index < -0.39 is 11.9 Å². The Morgan fingerprint density at radius 3 is 3.07 bits per heavy atom. The first-order valence-corrected chi connectivity index (χ1v) is 10.7. The molecule has 2 aliphatic heterocycles. The lowest BCUT2D eigenvalue weighted by molar-refractivity contribution is 0.0503. The van der Waals surface area contributed by atoms with E-state index in [2.05, 4.69) is 10.3 Å². The van der Waals surface area contributed by atoms with E-state index in [4.69, 9.17) is 9.47 Å². The molecule has 5 rings (SSSR count). The Labute approximate surface area is 177 Å². The fraction of sp³-hybridized carbons (Fsp3) is 0.261. The number of alkyl halides is 1. The second-order valence-electron chi connectivity index (χ2n) is 7.54. The highest BCUT2D eigenvalue weighted by Gasteiger charge is 2.33. The molecular weight excluding hydrogens is 403 g/mol. The first-order valence-electron chi connectivity index (χ1n) is 9.81. The predicted molar refractivity (Wildman–Crippen MR) is 115 cm³/mol. The van der Waals surface area contributed by atoms with Crippen LogP contribution in [0.3, 0.4) is 0 Å². The molecule has 2 aliphatic rings. The van der Waals surface area contributed by atoms with Crippen LogP contribution in [0.1, 0.15) is 22.2 Å². The van der Waals surface area contributed by atoms with E-state index >= 15 is 4.39 Å². The van der Waals surface area contributed by atoms with Gasteiger partial charge in [-0.1, -0.05) is 24.3 Å². The lowest BCUT2D eigenvalue weighted by Gasteiger charge is -2.31. The van der Waals surface area contributed by atoms with Crippen molar-refractivity contribution in [1.82, 2.24) is 4.98 Å². The standard InChI is InChI=1S/C23H21FN2O3S/c24-23(8-7-15-3-1-2-4-19(15)26-23)14-29-17-5-6-20-18(12-17)22(27)16(13-28-20)11-21-25-9-10-30-21/h1-10,12,16,22,26-27H,11,13-14H2/t16-,22+,23?/m1/s1. The highest BCUT2D eigenvalue weighted by Crippen LogP contribution is 2.39. The van der Waals surface area contributed by atoms with Crippen molar-refractivity contribution in [2.75, 3.05) is 18.5 Å². The Hall–Kier alpha value is -2.90. The van der Waals surface area contributed by atoms with Crippen molar-refractivity contribution in [2.24, 2.45) is 5.92 Å². The number of rotatable bonds is 5. The largest absolute Gasteiger partial charge is 0.493 e. The van der Waals surface area contributed by atoms with Crippen LogP contribution in [0, 0.1) is 5.92 Å². The topological polar surface area (TPSA) is 63.6 Å². The van der Waals surface area contributed by atoms with Crippen molar-refractivity contribution in [1.29, 1.82) is 0 Å². The fourth-order valence-electron chi connectivity index (χ4n) is 3.79. The van der Waals surface area contributed by atoms with Gasteiger partial charge in [-0.15, -0.1) is 11.3 Å². The van der Waals surface area contributed by atoms with Gasteiger partial charge in [-0.3, -0.25) is 0 Å². The summed E-state index contributed by atoms with van der Waals surface area (Å²) in [5.74, 6) is -0.791. The summed E-state index contributed by atoms with van der Waals surface area (Å²) in [6.07, 6.45) is 4.93. The number of para-hydroxylation sites is 1. The van der Waals surface area contributed by atoms with Crippen LogP contribution in [-0.2, 0) is 6.42 Å². The van der Waals surface area contributed by atoms with E-state index in [1.54, 1.807) is 41.8 Å². The maximum absolute atomic E-state index is 15.2. The Morgan fingerprint density at radius 1 is 1.30 bits per heavy atom. The lowest BCUT2D eigenvalue weighted by atomic mass is 9.91. The number of fused-ring (bicyclic) bond motifs is 2. The third kappa shape index (κ3) is 3.78. The van der Waals surface area contributed by atoms with E-state index in [0.29, 0.717) is 30.1 Å². The first-order chi connectivity index (χ1) is 14.6. The number of nitrogens with one attached hydrogen (secondary N) is 1. The fourth-order valence-corrected chi connectivity index (χ4v) is 4.50. The van der Waals surface area contributed by atoms with E-state index in [0.717, 1.165) is 16.3 Å². The molecule has 3 aromatic rings. The molecule has 154 valence electrons. The van der Waals surface area contributed by atoms with Crippen molar-refractivity contribution in [3.8, 4) is 11.5 Å². The molecule has 30 heavy (non-hydrogen) atoms. The van der Waals surface area contributed by atoms with Crippen LogP contribution in [0.5, 0.6) is 11.5 Å². The summed E-state index contributed by atoms with van der Waals surface area (Å²) in [5, 5.41) is 16.6. The Kier molecular flexibility index (Phi) is 4.92. The van der Waals surface area contributed by atoms with Gasteiger partial charge in [0.1, 0.15) is 18.1 Å². The van der Waals surface area contributed by atoms with Gasteiger partial charge in [-0.25, -0.2) is 9.37 Å². The molecule has 0 spiro atoms. The minimum atomic E-state index is -1.81. The lowest BCUT2D eigenvalue weighted by Crippen LogP contribution is -2.39. The molecule has 0 saturated carbocycles. The van der Waals surface area contributed by atoms with Crippen LogP contribution in [-0.4, -0.2) is 29.1 Å². The summed E-state index contributed by atoms with van der Waals surface area (Å²) >= 11 is 1.56. The molecule has 3 heterocycles. The molecule has 5 nitrogen and oxygen atoms in total. The molecule has 1 aromatic heterocycles. The van der Waals surface area contributed by atoms with E-state index in [1.807, 2.05) is 29.6 Å². The smallest absolute Gasteiger partial charge is 0.233 e. The zero-order valence-electron chi connectivity index (χ0n) is 16.1. The number of aliphatic hydroxyl groups is 1. The number of thiazole rings is 1. The Balaban J connectivity index is 1.29. The number of halogens is 1. The number of anilines is 1. The molecule has 0 bridgehead atoms. The number of hydrogen-bond acceptors (Lipinski definition) is 6. The van der Waals surface area contributed by atoms with Crippen LogP contribution in [0.25, 0.3) is 6.08 Å². The number of ether oxygens (including phenoxy) is 2. The van der Waals surface area contributed by atoms with Gasteiger partial charge in [-0.05, 0) is 35.9 Å². The third-order valence-electron chi connectivity index (χ3n) is 5.40. The Bertz CT molecular complexity index is 1070. The normalized spacial score (nSPS) is 24.3. The molecule has 0 aliphatic carbocycles. The van der Waals surface area contributed by atoms with Gasteiger partial charge >= 0.3 is 0 Å². The molecule has 7 heteroatoms. The number of aromatic nitrogens is 1. The number of benzene rings is 2. The van der Waals surface area contributed by atoms with Crippen LogP contribution < -0.4 is 14.8 Å². The average molecular weight is 424 g/mol. The molecule has 0 amide bonds. The maximum Gasteiger partial charge on any atom is 0.233 e. The molecule has 2 N–H and O–H groups in total. The van der Waals surface area contributed by atoms with Crippen LogP contribution in [0.15, 0.2) is 60.1 Å². The minimum Gasteiger partial charge on any atom is -0.493 e. The van der Waals surface area contributed by atoms with Gasteiger partial charge in [-0.2, -0.15) is 0 Å². The first kappa shape index (κ1) is 19.1. The highest BCUT2D eigenvalue weighted by molar-refractivity contribution is 7.09. The molecule has 0 saturated heterocycles. The highest BCUT2D eigenvalue weighted by atomic mass is 32.1. The maximum atomic E-state index is 15.2. The number of aliphatic hydroxyl groups excluding tert-OH is 1. The summed E-state index contributed by atoms with van der Waals surface area (Å²) in [7, 11) is 0. The number of hydrogen-bond donors (Lipinski definition) is 2. The average Bonchev–Trinajstić information content (AvgIpc) is 3.28. The van der Waals surface area contributed by atoms with E-state index in [9.17, 15) is 5.11 Å². The molecule has 1 unspecified atom stereocenters. The van der Waals surface area contributed by atoms with Crippen molar-refractivity contribution < 1.29 is 19.0 Å². The molecule has 0 radical (unpaired) electrons. The van der Waals surface area contributed by atoms with Crippen LogP contribution in [0.2, 0.25) is 0 Å². The van der Waals surface area contributed by atoms with Gasteiger partial charge in [0.2, 0.25) is 5.79 Å². The summed E-state index contributed by atoms with van der Waals surface area (Å²) in [4.78, 5) is 4.30. The van der Waals surface area contributed by atoms with E-state index in [1.165, 1.54) is 6.08 Å². The van der Waals surface area contributed by atoms with Crippen molar-refractivity contribution >= 4 is 23.1 Å². The molecule has 3 atom stereocenters. The van der Waals surface area contributed by atoms with Crippen molar-refractivity contribution in [2.45, 2.75) is 18.3 Å². The van der Waals surface area contributed by atoms with Gasteiger partial charge in [0.05, 0.1) is 17.7 Å². The Morgan fingerprint density at radius 2 is 2.20 bits per heavy atom. The van der Waals surface area contributed by atoms with Gasteiger partial charge in [0.25, 0.3) is 0 Å². The van der Waals surface area contributed by atoms with E-state index in [-0.39, 0.29) is 12.5 Å². The monoisotopic (exact) mass is 424 g/mol. The second kappa shape index (κ2) is 7.74. The van der Waals surface area contributed by atoms with Crippen molar-refractivity contribution in [3.63, 3.8) is 0 Å². The van der Waals surface area contributed by atoms with Gasteiger partial charge in [0.15, 0.2) is 0 Å². The molecular formula is C23H21FN2O3S. The molecule has 2 aromatic carbocycles. The summed E-state index contributed by atoms with van der Waals surface area (Å²) in [5.41, 5.74) is 2.32. The van der Waals surface area contributed by atoms with Gasteiger partial charge in [0, 0.05) is 35.2 Å². The number of nitrogens with zero attached hydrogens (tertiary/aromatic N) is 1.